The maximum atomic E-state index is 14.6. The second-order valence-corrected chi connectivity index (χ2v) is 14.5. The highest BCUT2D eigenvalue weighted by molar-refractivity contribution is 7.92. The van der Waals surface area contributed by atoms with E-state index in [4.69, 9.17) is 34.8 Å². The highest BCUT2D eigenvalue weighted by Gasteiger charge is 2.36. The smallest absolute Gasteiger partial charge is 0.264 e. The number of nitrogens with zero attached hydrogens (tertiary/aromatic N) is 2. The van der Waals surface area contributed by atoms with Crippen molar-refractivity contribution in [3.05, 3.63) is 129 Å². The number of hydrogen-bond donors (Lipinski definition) is 1. The first kappa shape index (κ1) is 34.3. The molecule has 1 unspecified atom stereocenters. The molecule has 0 aromatic heterocycles. The van der Waals surface area contributed by atoms with E-state index in [1.807, 2.05) is 51.1 Å². The Morgan fingerprint density at radius 2 is 1.29 bits per heavy atom. The number of nitrogens with one attached hydrogen (secondary N) is 1. The van der Waals surface area contributed by atoms with Crippen LogP contribution in [0, 0.1) is 0 Å². The fraction of sp³-hybridized carbons (Fsp3) is 0.235. The van der Waals surface area contributed by atoms with Crippen LogP contribution >= 0.6 is 34.8 Å². The van der Waals surface area contributed by atoms with Crippen molar-refractivity contribution in [3.8, 4) is 0 Å². The highest BCUT2D eigenvalue weighted by Crippen LogP contribution is 2.32. The molecule has 0 fully saturated rings. The number of sulfonamides is 1. The standard InChI is InChI=1S/C34H34Cl3N3O4S/c1-34(2,3)38-33(42)31(21-24-13-6-4-7-14-24)39(22-26-27(35)18-12-19-28(26)36)32(41)23-40(30-20-11-10-17-29(30)37)45(43,44)25-15-8-5-9-16-25/h4-20,31H,21-23H2,1-3H3,(H,38,42). The molecule has 1 atom stereocenters. The minimum atomic E-state index is -4.28. The van der Waals surface area contributed by atoms with E-state index in [1.54, 1.807) is 54.6 Å². The van der Waals surface area contributed by atoms with E-state index in [-0.39, 0.29) is 28.6 Å². The zero-order valence-electron chi connectivity index (χ0n) is 25.1. The number of halogens is 3. The van der Waals surface area contributed by atoms with E-state index in [1.165, 1.54) is 23.1 Å². The molecule has 0 radical (unpaired) electrons. The summed E-state index contributed by atoms with van der Waals surface area (Å²) in [7, 11) is -4.28. The number of anilines is 1. The van der Waals surface area contributed by atoms with Gasteiger partial charge in [0.15, 0.2) is 0 Å². The SMILES string of the molecule is CC(C)(C)NC(=O)C(Cc1ccccc1)N(Cc1c(Cl)cccc1Cl)C(=O)CN(c1ccccc1Cl)S(=O)(=O)c1ccccc1. The summed E-state index contributed by atoms with van der Waals surface area (Å²) in [5, 5.41) is 3.73. The molecule has 0 bridgehead atoms. The summed E-state index contributed by atoms with van der Waals surface area (Å²) in [6, 6.07) is 27.3. The third-order valence-corrected chi connectivity index (χ3v) is 9.69. The van der Waals surface area contributed by atoms with Gasteiger partial charge in [-0.05, 0) is 62.7 Å². The molecule has 11 heteroatoms. The second kappa shape index (κ2) is 14.7. The van der Waals surface area contributed by atoms with Crippen molar-refractivity contribution >= 4 is 62.3 Å². The van der Waals surface area contributed by atoms with Gasteiger partial charge >= 0.3 is 0 Å². The third-order valence-electron chi connectivity index (χ3n) is 6.89. The minimum absolute atomic E-state index is 0.0234. The van der Waals surface area contributed by atoms with Gasteiger partial charge in [-0.1, -0.05) is 102 Å². The lowest BCUT2D eigenvalue weighted by molar-refractivity contribution is -0.140. The van der Waals surface area contributed by atoms with Crippen molar-refractivity contribution in [2.24, 2.45) is 0 Å². The van der Waals surface area contributed by atoms with Crippen LogP contribution < -0.4 is 9.62 Å². The Balaban J connectivity index is 1.86. The molecular formula is C34H34Cl3N3O4S. The van der Waals surface area contributed by atoms with Gasteiger partial charge < -0.3 is 10.2 Å². The zero-order chi connectivity index (χ0) is 32.8. The maximum Gasteiger partial charge on any atom is 0.264 e. The van der Waals surface area contributed by atoms with Crippen LogP contribution in [0.1, 0.15) is 31.9 Å². The fourth-order valence-corrected chi connectivity index (χ4v) is 7.01. The van der Waals surface area contributed by atoms with Crippen LogP contribution in [0.4, 0.5) is 5.69 Å². The lowest BCUT2D eigenvalue weighted by Crippen LogP contribution is -2.56. The lowest BCUT2D eigenvalue weighted by Gasteiger charge is -2.35. The van der Waals surface area contributed by atoms with E-state index in [9.17, 15) is 18.0 Å². The van der Waals surface area contributed by atoms with Gasteiger partial charge in [0.1, 0.15) is 12.6 Å². The quantitative estimate of drug-likeness (QED) is 0.178. The van der Waals surface area contributed by atoms with E-state index in [0.717, 1.165) is 9.87 Å². The monoisotopic (exact) mass is 685 g/mol. The fourth-order valence-electron chi connectivity index (χ4n) is 4.75. The molecule has 1 N–H and O–H groups in total. The van der Waals surface area contributed by atoms with E-state index < -0.39 is 40.0 Å². The summed E-state index contributed by atoms with van der Waals surface area (Å²) < 4.78 is 29.1. The number of rotatable bonds is 11. The van der Waals surface area contributed by atoms with Gasteiger partial charge in [-0.3, -0.25) is 13.9 Å². The average molecular weight is 687 g/mol. The molecule has 0 heterocycles. The molecule has 0 aliphatic rings. The highest BCUT2D eigenvalue weighted by atomic mass is 35.5. The molecule has 45 heavy (non-hydrogen) atoms. The normalized spacial score (nSPS) is 12.3. The molecule has 7 nitrogen and oxygen atoms in total. The van der Waals surface area contributed by atoms with Gasteiger partial charge in [0.2, 0.25) is 11.8 Å². The molecule has 0 saturated carbocycles. The molecule has 2 amide bonds. The zero-order valence-corrected chi connectivity index (χ0v) is 28.2. The van der Waals surface area contributed by atoms with Crippen LogP contribution in [0.3, 0.4) is 0 Å². The van der Waals surface area contributed by atoms with Crippen LogP contribution in [0.2, 0.25) is 15.1 Å². The van der Waals surface area contributed by atoms with E-state index in [0.29, 0.717) is 15.6 Å². The summed E-state index contributed by atoms with van der Waals surface area (Å²) in [4.78, 5) is 29.8. The van der Waals surface area contributed by atoms with Gasteiger partial charge in [-0.2, -0.15) is 0 Å². The summed E-state index contributed by atoms with van der Waals surface area (Å²) in [5.74, 6) is -1.08. The van der Waals surface area contributed by atoms with Crippen LogP contribution in [0.25, 0.3) is 0 Å². The first-order valence-corrected chi connectivity index (χ1v) is 16.8. The largest absolute Gasteiger partial charge is 0.350 e. The Hall–Kier alpha value is -3.56. The second-order valence-electron chi connectivity index (χ2n) is 11.4. The van der Waals surface area contributed by atoms with Gasteiger partial charge in [-0.15, -0.1) is 0 Å². The maximum absolute atomic E-state index is 14.6. The van der Waals surface area contributed by atoms with Gasteiger partial charge in [-0.25, -0.2) is 8.42 Å². The molecule has 4 aromatic rings. The molecule has 0 aliphatic carbocycles. The number of hydrogen-bond acceptors (Lipinski definition) is 4. The Morgan fingerprint density at radius 3 is 1.87 bits per heavy atom. The Labute approximate surface area is 279 Å². The van der Waals surface area contributed by atoms with Gasteiger partial charge in [0.05, 0.1) is 15.6 Å². The van der Waals surface area contributed by atoms with Crippen molar-refractivity contribution in [2.45, 2.75) is 50.2 Å². The summed E-state index contributed by atoms with van der Waals surface area (Å²) >= 11 is 19.6. The van der Waals surface area contributed by atoms with Crippen LogP contribution in [-0.4, -0.2) is 43.3 Å². The lowest BCUT2D eigenvalue weighted by atomic mass is 10.0. The van der Waals surface area contributed by atoms with Gasteiger partial charge in [0.25, 0.3) is 10.0 Å². The van der Waals surface area contributed by atoms with Crippen molar-refractivity contribution in [1.82, 2.24) is 10.2 Å². The van der Waals surface area contributed by atoms with Crippen LogP contribution in [0.5, 0.6) is 0 Å². The molecular weight excluding hydrogens is 653 g/mol. The molecule has 0 aliphatic heterocycles. The molecule has 4 rings (SSSR count). The predicted octanol–water partition coefficient (Wildman–Crippen LogP) is 7.40. The van der Waals surface area contributed by atoms with Crippen molar-refractivity contribution in [3.63, 3.8) is 0 Å². The predicted molar refractivity (Wildman–Crippen MR) is 181 cm³/mol. The summed E-state index contributed by atoms with van der Waals surface area (Å²) in [5.41, 5.74) is 0.717. The first-order valence-electron chi connectivity index (χ1n) is 14.2. The molecule has 4 aromatic carbocycles. The summed E-state index contributed by atoms with van der Waals surface area (Å²) in [6.07, 6.45) is 0.147. The number of carbonyl (C=O) groups excluding carboxylic acids is 2. The Kier molecular flexibility index (Phi) is 11.2. The molecule has 0 saturated heterocycles. The van der Waals surface area contributed by atoms with E-state index >= 15 is 0 Å². The topological polar surface area (TPSA) is 86.8 Å². The first-order chi connectivity index (χ1) is 21.3. The Morgan fingerprint density at radius 1 is 0.756 bits per heavy atom. The van der Waals surface area contributed by atoms with Crippen LogP contribution in [0.15, 0.2) is 108 Å². The third kappa shape index (κ3) is 8.79. The number of para-hydroxylation sites is 1. The number of benzene rings is 4. The van der Waals surface area contributed by atoms with Crippen molar-refractivity contribution in [2.75, 3.05) is 10.8 Å². The van der Waals surface area contributed by atoms with Gasteiger partial charge in [0, 0.05) is 34.1 Å². The van der Waals surface area contributed by atoms with Crippen molar-refractivity contribution < 1.29 is 18.0 Å². The van der Waals surface area contributed by atoms with E-state index in [2.05, 4.69) is 5.32 Å². The van der Waals surface area contributed by atoms with Crippen LogP contribution in [-0.2, 0) is 32.6 Å². The Bertz CT molecular complexity index is 1730. The number of carbonyl (C=O) groups is 2. The van der Waals surface area contributed by atoms with Crippen molar-refractivity contribution in [1.29, 1.82) is 0 Å². The summed E-state index contributed by atoms with van der Waals surface area (Å²) in [6.45, 7) is 4.71. The molecule has 0 spiro atoms. The minimum Gasteiger partial charge on any atom is -0.350 e. The molecule has 236 valence electrons. The average Bonchev–Trinajstić information content (AvgIpc) is 2.99. The number of amides is 2.